The van der Waals surface area contributed by atoms with E-state index in [-0.39, 0.29) is 18.6 Å². The first-order valence-electron chi connectivity index (χ1n) is 13.0. The molecule has 11 heteroatoms. The van der Waals surface area contributed by atoms with Gasteiger partial charge in [-0.3, -0.25) is 4.79 Å². The van der Waals surface area contributed by atoms with E-state index in [9.17, 15) is 4.79 Å². The van der Waals surface area contributed by atoms with Crippen molar-refractivity contribution in [3.8, 4) is 11.5 Å². The number of aromatic nitrogens is 4. The molecule has 1 aliphatic heterocycles. The van der Waals surface area contributed by atoms with Crippen LogP contribution < -0.4 is 19.7 Å². The maximum atomic E-state index is 12.4. The van der Waals surface area contributed by atoms with Gasteiger partial charge in [0.15, 0.2) is 28.5 Å². The summed E-state index contributed by atoms with van der Waals surface area (Å²) in [5.74, 6) is 3.05. The number of hydrogen-bond donors (Lipinski definition) is 1. The van der Waals surface area contributed by atoms with E-state index in [4.69, 9.17) is 31.0 Å². The van der Waals surface area contributed by atoms with Crippen LogP contribution in [0.5, 0.6) is 11.5 Å². The molecular weight excluding hydrogens is 518 g/mol. The third-order valence-corrected chi connectivity index (χ3v) is 7.43. The minimum atomic E-state index is 0.194. The number of fused-ring (bicyclic) bond motifs is 2. The molecule has 39 heavy (non-hydrogen) atoms. The predicted molar refractivity (Wildman–Crippen MR) is 149 cm³/mol. The molecule has 0 atom stereocenters. The summed E-state index contributed by atoms with van der Waals surface area (Å²) in [6.07, 6.45) is 3.75. The van der Waals surface area contributed by atoms with Crippen LogP contribution in [0.4, 0.5) is 11.8 Å². The van der Waals surface area contributed by atoms with Crippen molar-refractivity contribution in [3.63, 3.8) is 0 Å². The van der Waals surface area contributed by atoms with Crippen LogP contribution in [-0.4, -0.2) is 64.3 Å². The van der Waals surface area contributed by atoms with E-state index in [2.05, 4.69) is 10.3 Å². The first-order valence-corrected chi connectivity index (χ1v) is 13.4. The largest absolute Gasteiger partial charge is 0.454 e. The highest BCUT2D eigenvalue weighted by Gasteiger charge is 2.32. The second-order valence-electron chi connectivity index (χ2n) is 10.0. The molecule has 10 nitrogen and oxygen atoms in total. The highest BCUT2D eigenvalue weighted by molar-refractivity contribution is 6.31. The van der Waals surface area contributed by atoms with E-state index < -0.39 is 0 Å². The number of imidazole rings is 1. The fourth-order valence-corrected chi connectivity index (χ4v) is 4.74. The van der Waals surface area contributed by atoms with E-state index >= 15 is 0 Å². The maximum absolute atomic E-state index is 12.4. The SMILES string of the molecule is CN(CCN(C)c1nc(NCc2ccc3c(c2)OCO3)c2ncn(Cc3ccccc3Cl)c2n1)C(=O)C1CC1. The van der Waals surface area contributed by atoms with Crippen molar-refractivity contribution in [2.75, 3.05) is 44.2 Å². The van der Waals surface area contributed by atoms with Crippen LogP contribution in [0.3, 0.4) is 0 Å². The van der Waals surface area contributed by atoms with Gasteiger partial charge in [0.25, 0.3) is 0 Å². The fourth-order valence-electron chi connectivity index (χ4n) is 4.54. The van der Waals surface area contributed by atoms with Gasteiger partial charge in [0.2, 0.25) is 18.6 Å². The molecule has 0 spiro atoms. The Morgan fingerprint density at radius 3 is 2.74 bits per heavy atom. The number of nitrogens with zero attached hydrogens (tertiary/aromatic N) is 6. The number of anilines is 2. The average Bonchev–Trinajstić information content (AvgIpc) is 3.56. The number of halogens is 1. The highest BCUT2D eigenvalue weighted by Crippen LogP contribution is 2.33. The van der Waals surface area contributed by atoms with Crippen molar-refractivity contribution in [2.45, 2.75) is 25.9 Å². The lowest BCUT2D eigenvalue weighted by Crippen LogP contribution is -2.36. The van der Waals surface area contributed by atoms with Crippen LogP contribution in [0.1, 0.15) is 24.0 Å². The van der Waals surface area contributed by atoms with E-state index in [1.807, 2.05) is 66.0 Å². The van der Waals surface area contributed by atoms with Gasteiger partial charge in [-0.15, -0.1) is 0 Å². The molecule has 1 amide bonds. The molecule has 202 valence electrons. The van der Waals surface area contributed by atoms with Crippen LogP contribution in [0.2, 0.25) is 5.02 Å². The quantitative estimate of drug-likeness (QED) is 0.316. The Balaban J connectivity index is 1.28. The molecule has 2 aliphatic rings. The molecule has 0 radical (unpaired) electrons. The molecule has 0 unspecified atom stereocenters. The monoisotopic (exact) mass is 547 g/mol. The molecule has 6 rings (SSSR count). The van der Waals surface area contributed by atoms with Gasteiger partial charge in [-0.05, 0) is 42.2 Å². The molecule has 1 aliphatic carbocycles. The van der Waals surface area contributed by atoms with Crippen molar-refractivity contribution in [2.24, 2.45) is 5.92 Å². The molecule has 1 saturated carbocycles. The van der Waals surface area contributed by atoms with E-state index in [0.717, 1.165) is 35.5 Å². The Morgan fingerprint density at radius 2 is 1.92 bits per heavy atom. The zero-order valence-electron chi connectivity index (χ0n) is 21.9. The number of nitrogens with one attached hydrogen (secondary N) is 1. The van der Waals surface area contributed by atoms with Gasteiger partial charge < -0.3 is 29.2 Å². The van der Waals surface area contributed by atoms with Gasteiger partial charge in [-0.25, -0.2) is 4.98 Å². The number of benzene rings is 2. The smallest absolute Gasteiger partial charge is 0.231 e. The molecule has 1 fully saturated rings. The van der Waals surface area contributed by atoms with Gasteiger partial charge in [0, 0.05) is 44.7 Å². The number of hydrogen-bond acceptors (Lipinski definition) is 8. The van der Waals surface area contributed by atoms with Crippen molar-refractivity contribution in [1.82, 2.24) is 24.4 Å². The van der Waals surface area contributed by atoms with Crippen molar-refractivity contribution in [3.05, 3.63) is 64.9 Å². The van der Waals surface area contributed by atoms with Crippen molar-refractivity contribution >= 4 is 40.4 Å². The summed E-state index contributed by atoms with van der Waals surface area (Å²) >= 11 is 6.45. The standard InChI is InChI=1S/C28H30ClN7O3/c1-34(27(37)19-8-9-19)11-12-35(2)28-32-25(30-14-18-7-10-22-23(13-18)39-17-38-22)24-26(33-28)36(16-31-24)15-20-5-3-4-6-21(20)29/h3-7,10,13,16,19H,8-9,11-12,14-15,17H2,1-2H3,(H,30,32,33). The molecule has 0 saturated heterocycles. The summed E-state index contributed by atoms with van der Waals surface area (Å²) in [4.78, 5) is 30.6. The summed E-state index contributed by atoms with van der Waals surface area (Å²) in [6, 6.07) is 13.6. The third kappa shape index (κ3) is 5.42. The minimum absolute atomic E-state index is 0.194. The Kier molecular flexibility index (Phi) is 6.86. The van der Waals surface area contributed by atoms with Crippen molar-refractivity contribution in [1.29, 1.82) is 0 Å². The van der Waals surface area contributed by atoms with Crippen LogP contribution in [-0.2, 0) is 17.9 Å². The zero-order chi connectivity index (χ0) is 26.9. The van der Waals surface area contributed by atoms with Gasteiger partial charge in [0.1, 0.15) is 0 Å². The summed E-state index contributed by atoms with van der Waals surface area (Å²) in [5, 5.41) is 4.13. The summed E-state index contributed by atoms with van der Waals surface area (Å²) < 4.78 is 12.9. The lowest BCUT2D eigenvalue weighted by Gasteiger charge is -2.23. The normalized spacial score (nSPS) is 14.0. The van der Waals surface area contributed by atoms with Crippen LogP contribution in [0.15, 0.2) is 48.8 Å². The maximum Gasteiger partial charge on any atom is 0.231 e. The number of amides is 1. The Labute approximate surface area is 231 Å². The van der Waals surface area contributed by atoms with Crippen LogP contribution >= 0.6 is 11.6 Å². The Bertz CT molecular complexity index is 1520. The lowest BCUT2D eigenvalue weighted by atomic mass is 10.2. The number of carbonyl (C=O) groups excluding carboxylic acids is 1. The van der Waals surface area contributed by atoms with Crippen LogP contribution in [0, 0.1) is 5.92 Å². The zero-order valence-corrected chi connectivity index (χ0v) is 22.7. The summed E-state index contributed by atoms with van der Waals surface area (Å²) in [5.41, 5.74) is 3.36. The number of likely N-dealkylation sites (N-methyl/N-ethyl adjacent to an activating group) is 2. The number of carbonyl (C=O) groups is 1. The van der Waals surface area contributed by atoms with Gasteiger partial charge in [-0.2, -0.15) is 9.97 Å². The molecular formula is C28H30ClN7O3. The fraction of sp³-hybridized carbons (Fsp3) is 0.357. The third-order valence-electron chi connectivity index (χ3n) is 7.06. The highest BCUT2D eigenvalue weighted by atomic mass is 35.5. The Hall–Kier alpha value is -4.05. The average molecular weight is 548 g/mol. The van der Waals surface area contributed by atoms with Gasteiger partial charge in [-0.1, -0.05) is 35.9 Å². The first kappa shape index (κ1) is 25.2. The molecule has 2 aromatic carbocycles. The topological polar surface area (TPSA) is 97.6 Å². The summed E-state index contributed by atoms with van der Waals surface area (Å²) in [6.45, 7) is 2.46. The van der Waals surface area contributed by atoms with Gasteiger partial charge >= 0.3 is 0 Å². The lowest BCUT2D eigenvalue weighted by molar-refractivity contribution is -0.131. The van der Waals surface area contributed by atoms with E-state index in [1.165, 1.54) is 0 Å². The van der Waals surface area contributed by atoms with Gasteiger partial charge in [0.05, 0.1) is 12.9 Å². The second-order valence-corrected chi connectivity index (χ2v) is 10.4. The van der Waals surface area contributed by atoms with Crippen molar-refractivity contribution < 1.29 is 14.3 Å². The Morgan fingerprint density at radius 1 is 1.10 bits per heavy atom. The number of rotatable bonds is 10. The first-order chi connectivity index (χ1) is 19.0. The molecule has 1 N–H and O–H groups in total. The molecule has 2 aromatic heterocycles. The molecule has 4 aromatic rings. The molecule has 0 bridgehead atoms. The number of ether oxygens (including phenoxy) is 2. The molecule has 3 heterocycles. The van der Waals surface area contributed by atoms with E-state index in [0.29, 0.717) is 54.1 Å². The second kappa shape index (κ2) is 10.6. The van der Waals surface area contributed by atoms with E-state index in [1.54, 1.807) is 11.2 Å². The predicted octanol–water partition coefficient (Wildman–Crippen LogP) is 4.17. The minimum Gasteiger partial charge on any atom is -0.454 e. The van der Waals surface area contributed by atoms with Crippen LogP contribution in [0.25, 0.3) is 11.2 Å². The summed E-state index contributed by atoms with van der Waals surface area (Å²) in [7, 11) is 3.79.